The maximum Gasteiger partial charge on any atom is 0.0754 e. The van der Waals surface area contributed by atoms with E-state index < -0.39 is 22.3 Å². The standard InChI is InChI=1S/C75H42N3PS/c80-79-70-64-40-37-58-67(70)76(61-34-16-13-31-55(61)73(58)49-25-7-1-19-43(49)44-20-2-8-26-50(44)73)65-41-38-59-68(71(65)79)78(63-36-18-15-33-57(63)75(59)53-29-11-5-23-47(53)48-24-6-12-30-54(48)75)66-42-39-60-69(72(66)79)77(64)62-35-17-14-32-56(62)74(60)51-27-9-3-21-45(51)46-22-4-10-28-52(46)74/h1-42H. The van der Waals surface area contributed by atoms with Gasteiger partial charge in [0.25, 0.3) is 0 Å². The van der Waals surface area contributed by atoms with Crippen molar-refractivity contribution in [2.45, 2.75) is 16.2 Å². The number of nitrogens with zero attached hydrogens (tertiary/aromatic N) is 3. The molecule has 0 radical (unpaired) electrons. The Morgan fingerprint density at radius 2 is 0.425 bits per heavy atom. The van der Waals surface area contributed by atoms with Crippen LogP contribution in [0.4, 0.5) is 51.2 Å². The fourth-order valence-corrected chi connectivity index (χ4v) is 23.4. The van der Waals surface area contributed by atoms with Crippen LogP contribution in [0, 0.1) is 0 Å². The van der Waals surface area contributed by atoms with Crippen LogP contribution in [0.1, 0.15) is 66.8 Å². The van der Waals surface area contributed by atoms with E-state index in [0.717, 1.165) is 0 Å². The highest BCUT2D eigenvalue weighted by atomic mass is 32.4. The van der Waals surface area contributed by atoms with E-state index in [1.807, 2.05) is 0 Å². The molecule has 0 unspecified atom stereocenters. The van der Waals surface area contributed by atoms with Crippen LogP contribution in [0.15, 0.2) is 255 Å². The molecule has 0 bridgehead atoms. The van der Waals surface area contributed by atoms with Crippen molar-refractivity contribution in [2.24, 2.45) is 0 Å². The lowest BCUT2D eigenvalue weighted by atomic mass is 9.63. The van der Waals surface area contributed by atoms with Gasteiger partial charge in [-0.3, -0.25) is 0 Å². The zero-order valence-corrected chi connectivity index (χ0v) is 44.7. The third-order valence-electron chi connectivity index (χ3n) is 20.4. The van der Waals surface area contributed by atoms with Crippen LogP contribution in [0.3, 0.4) is 0 Å². The largest absolute Gasteiger partial charge is 0.308 e. The fourth-order valence-electron chi connectivity index (χ4n) is 18.1. The van der Waals surface area contributed by atoms with Crippen molar-refractivity contribution in [1.29, 1.82) is 0 Å². The fraction of sp³-hybridized carbons (Fsp3) is 0.0400. The van der Waals surface area contributed by atoms with E-state index in [4.69, 9.17) is 11.8 Å². The quantitative estimate of drug-likeness (QED) is 0.140. The van der Waals surface area contributed by atoms with Crippen molar-refractivity contribution >= 4 is 84.9 Å². The summed E-state index contributed by atoms with van der Waals surface area (Å²) in [4.78, 5) is 8.09. The van der Waals surface area contributed by atoms with E-state index in [1.54, 1.807) is 0 Å². The summed E-state index contributed by atoms with van der Waals surface area (Å²) in [7, 11) is 0. The maximum absolute atomic E-state index is 8.32. The van der Waals surface area contributed by atoms with E-state index in [0.29, 0.717) is 0 Å². The van der Waals surface area contributed by atoms with Crippen molar-refractivity contribution in [2.75, 3.05) is 14.7 Å². The third-order valence-corrected chi connectivity index (χ3v) is 25.3. The van der Waals surface area contributed by atoms with Gasteiger partial charge in [-0.2, -0.15) is 0 Å². The molecule has 0 aromatic heterocycles. The lowest BCUT2D eigenvalue weighted by Crippen LogP contribution is -2.53. The minimum Gasteiger partial charge on any atom is -0.308 e. The van der Waals surface area contributed by atoms with Gasteiger partial charge in [-0.15, -0.1) is 0 Å². The molecule has 5 heteroatoms. The molecular formula is C75H42N3PS. The van der Waals surface area contributed by atoms with Crippen LogP contribution < -0.4 is 30.6 Å². The van der Waals surface area contributed by atoms with Crippen LogP contribution in [0.25, 0.3) is 33.4 Å². The van der Waals surface area contributed by atoms with Gasteiger partial charge in [-0.05, 0) is 137 Å². The Hall–Kier alpha value is -9.31. The summed E-state index contributed by atoms with van der Waals surface area (Å²) in [5, 5.41) is 3.89. The highest BCUT2D eigenvalue weighted by Gasteiger charge is 2.64. The summed E-state index contributed by atoms with van der Waals surface area (Å²) in [5.41, 5.74) is 32.6. The lowest BCUT2D eigenvalue weighted by Gasteiger charge is -2.59. The predicted octanol–water partition coefficient (Wildman–Crippen LogP) is 16.8. The Labute approximate surface area is 468 Å². The predicted molar refractivity (Wildman–Crippen MR) is 330 cm³/mol. The molecule has 6 aliphatic heterocycles. The summed E-state index contributed by atoms with van der Waals surface area (Å²) >= 11 is 8.32. The first-order valence-corrected chi connectivity index (χ1v) is 30.8. The Kier molecular flexibility index (Phi) is 7.08. The van der Waals surface area contributed by atoms with Gasteiger partial charge < -0.3 is 14.7 Å². The average Bonchev–Trinajstić information content (AvgIpc) is 2.82. The second-order valence-corrected chi connectivity index (χ2v) is 27.4. The number of anilines is 9. The highest BCUT2D eigenvalue weighted by Crippen LogP contribution is 2.77. The molecule has 12 aromatic carbocycles. The molecule has 368 valence electrons. The van der Waals surface area contributed by atoms with Crippen LogP contribution in [0.5, 0.6) is 0 Å². The maximum atomic E-state index is 8.32. The molecule has 0 N–H and O–H groups in total. The molecule has 0 saturated heterocycles. The SMILES string of the molecule is S=P12c3c4ccc5c3N(c3ccccc3C53c5ccccc5-c5ccccc53)c3ccc5c(c31)N(c1ccccc1C51c3ccccc3-c3ccccc31)c1ccc3c(c12)N4c1ccccc1C31c2ccccc2-c2ccccc21. The summed E-state index contributed by atoms with van der Waals surface area (Å²) in [6, 6.07) is 95.3. The molecule has 3 nitrogen and oxygen atoms in total. The van der Waals surface area contributed by atoms with E-state index in [9.17, 15) is 0 Å². The number of para-hydroxylation sites is 3. The minimum atomic E-state index is -3.12. The van der Waals surface area contributed by atoms with Gasteiger partial charge in [0.1, 0.15) is 0 Å². The van der Waals surface area contributed by atoms with Gasteiger partial charge in [0, 0.05) is 15.9 Å². The summed E-state index contributed by atoms with van der Waals surface area (Å²) in [6.07, 6.45) is 0. The number of hydrogen-bond acceptors (Lipinski definition) is 4. The van der Waals surface area contributed by atoms with Crippen LogP contribution in [-0.4, -0.2) is 0 Å². The molecule has 9 aliphatic rings. The summed E-state index contributed by atoms with van der Waals surface area (Å²) < 4.78 is 0. The van der Waals surface area contributed by atoms with Gasteiger partial charge in [-0.25, -0.2) is 0 Å². The molecule has 0 saturated carbocycles. The minimum absolute atomic E-state index is 0.612. The van der Waals surface area contributed by atoms with E-state index in [1.165, 1.54) is 167 Å². The van der Waals surface area contributed by atoms with Crippen molar-refractivity contribution < 1.29 is 0 Å². The molecule has 0 atom stereocenters. The first-order valence-electron chi connectivity index (χ1n) is 28.0. The molecule has 3 aliphatic carbocycles. The van der Waals surface area contributed by atoms with Gasteiger partial charge in [-0.1, -0.05) is 230 Å². The first kappa shape index (κ1) is 41.7. The van der Waals surface area contributed by atoms with Crippen LogP contribution >= 0.6 is 6.04 Å². The second-order valence-electron chi connectivity index (χ2n) is 23.2. The highest BCUT2D eigenvalue weighted by molar-refractivity contribution is 8.26. The lowest BCUT2D eigenvalue weighted by molar-refractivity contribution is 0.746. The van der Waals surface area contributed by atoms with E-state index in [-0.39, 0.29) is 0 Å². The Morgan fingerprint density at radius 1 is 0.212 bits per heavy atom. The molecule has 12 aromatic rings. The molecule has 3 spiro atoms. The topological polar surface area (TPSA) is 9.72 Å². The number of rotatable bonds is 0. The average molecular weight is 1050 g/mol. The van der Waals surface area contributed by atoms with Gasteiger partial charge in [0.2, 0.25) is 0 Å². The number of hydrogen-bond donors (Lipinski definition) is 0. The Morgan fingerprint density at radius 3 is 0.675 bits per heavy atom. The smallest absolute Gasteiger partial charge is 0.0754 e. The zero-order valence-electron chi connectivity index (χ0n) is 42.9. The van der Waals surface area contributed by atoms with E-state index in [2.05, 4.69) is 269 Å². The van der Waals surface area contributed by atoms with Crippen molar-refractivity contribution in [3.63, 3.8) is 0 Å². The van der Waals surface area contributed by atoms with E-state index >= 15 is 0 Å². The second kappa shape index (κ2) is 13.6. The van der Waals surface area contributed by atoms with Crippen molar-refractivity contribution in [3.05, 3.63) is 322 Å². The summed E-state index contributed by atoms with van der Waals surface area (Å²) in [6.45, 7) is 0. The van der Waals surface area contributed by atoms with Crippen molar-refractivity contribution in [1.82, 2.24) is 0 Å². The number of benzene rings is 12. The summed E-state index contributed by atoms with van der Waals surface area (Å²) in [5.74, 6) is 0. The molecule has 6 heterocycles. The Bertz CT molecular complexity index is 4430. The third kappa shape index (κ3) is 4.05. The Balaban J connectivity index is 0.987. The molecule has 21 rings (SSSR count). The molecule has 0 amide bonds. The van der Waals surface area contributed by atoms with Gasteiger partial charge in [0.05, 0.1) is 73.5 Å². The monoisotopic (exact) mass is 1050 g/mol. The van der Waals surface area contributed by atoms with Crippen molar-refractivity contribution in [3.8, 4) is 33.4 Å². The van der Waals surface area contributed by atoms with Gasteiger partial charge >= 0.3 is 0 Å². The molecular weight excluding hydrogens is 1010 g/mol. The number of fused-ring (bicyclic) bond motifs is 30. The van der Waals surface area contributed by atoms with Crippen LogP contribution in [0.2, 0.25) is 0 Å². The molecule has 80 heavy (non-hydrogen) atoms. The normalized spacial score (nSPS) is 17.1. The first-order chi connectivity index (χ1) is 39.6. The molecule has 0 fully saturated rings. The zero-order chi connectivity index (χ0) is 51.8. The van der Waals surface area contributed by atoms with Crippen LogP contribution in [-0.2, 0) is 28.1 Å². The van der Waals surface area contributed by atoms with Gasteiger partial charge in [0.15, 0.2) is 0 Å².